The lowest BCUT2D eigenvalue weighted by Crippen LogP contribution is -2.04. The second kappa shape index (κ2) is 3.28. The van der Waals surface area contributed by atoms with Crippen LogP contribution in [0.15, 0.2) is 0 Å². The Kier molecular flexibility index (Phi) is 3.39. The molecule has 0 heterocycles. The van der Waals surface area contributed by atoms with Gasteiger partial charge in [0.05, 0.1) is 0 Å². The monoisotopic (exact) mass is 140 g/mol. The van der Waals surface area contributed by atoms with Gasteiger partial charge in [0.25, 0.3) is 0 Å². The molecule has 0 N–H and O–H groups in total. The summed E-state index contributed by atoms with van der Waals surface area (Å²) >= 11 is 10.3. The Balaban J connectivity index is 3.34. The van der Waals surface area contributed by atoms with Crippen LogP contribution in [0.25, 0.3) is 0 Å². The van der Waals surface area contributed by atoms with E-state index in [9.17, 15) is 4.79 Å². The quantitative estimate of drug-likeness (QED) is 0.423. The van der Waals surface area contributed by atoms with E-state index in [1.54, 1.807) is 6.92 Å². The van der Waals surface area contributed by atoms with Gasteiger partial charge in [0, 0.05) is 0 Å². The van der Waals surface area contributed by atoms with E-state index in [0.717, 1.165) is 0 Å². The second-order valence-corrected chi connectivity index (χ2v) is 2.08. The summed E-state index contributed by atoms with van der Waals surface area (Å²) in [4.78, 5) is 10.0. The number of hydrogen-bond donors (Lipinski definition) is 0. The fraction of sp³-hybridized carbons (Fsp3) is 0.750. The summed E-state index contributed by atoms with van der Waals surface area (Å²) in [6, 6.07) is 0. The SMILES string of the molecule is CC[C@@H](Cl)C(=O)Cl. The van der Waals surface area contributed by atoms with E-state index in [-0.39, 0.29) is 0 Å². The molecule has 0 aliphatic carbocycles. The summed E-state index contributed by atoms with van der Waals surface area (Å²) in [5, 5.41) is -0.967. The lowest BCUT2D eigenvalue weighted by Gasteiger charge is -1.93. The normalized spacial score (nSPS) is 13.6. The minimum atomic E-state index is -0.498. The van der Waals surface area contributed by atoms with E-state index >= 15 is 0 Å². The Morgan fingerprint density at radius 3 is 2.29 bits per heavy atom. The average molecular weight is 141 g/mol. The Morgan fingerprint density at radius 1 is 1.86 bits per heavy atom. The van der Waals surface area contributed by atoms with E-state index in [1.165, 1.54) is 0 Å². The summed E-state index contributed by atoms with van der Waals surface area (Å²) in [5.74, 6) is 0. The number of hydrogen-bond acceptors (Lipinski definition) is 1. The van der Waals surface area contributed by atoms with Crippen molar-refractivity contribution in [3.05, 3.63) is 0 Å². The average Bonchev–Trinajstić information content (AvgIpc) is 1.65. The highest BCUT2D eigenvalue weighted by atomic mass is 35.5. The van der Waals surface area contributed by atoms with Crippen LogP contribution in [-0.4, -0.2) is 10.6 Å². The summed E-state index contributed by atoms with van der Waals surface area (Å²) in [6.45, 7) is 1.80. The van der Waals surface area contributed by atoms with Gasteiger partial charge in [-0.15, -0.1) is 11.6 Å². The minimum absolute atomic E-state index is 0.468. The highest BCUT2D eigenvalue weighted by Crippen LogP contribution is 2.03. The van der Waals surface area contributed by atoms with Gasteiger partial charge in [0.2, 0.25) is 5.24 Å². The molecule has 0 aromatic carbocycles. The first kappa shape index (κ1) is 7.25. The molecule has 1 atom stereocenters. The molecule has 0 amide bonds. The number of rotatable bonds is 2. The molecular weight excluding hydrogens is 135 g/mol. The van der Waals surface area contributed by atoms with Gasteiger partial charge in [-0.25, -0.2) is 0 Å². The molecule has 0 fully saturated rings. The van der Waals surface area contributed by atoms with Crippen LogP contribution in [0.2, 0.25) is 0 Å². The predicted molar refractivity (Wildman–Crippen MR) is 30.8 cm³/mol. The maximum Gasteiger partial charge on any atom is 0.239 e. The molecule has 0 rings (SSSR count). The van der Waals surface area contributed by atoms with Gasteiger partial charge in [0.15, 0.2) is 0 Å². The standard InChI is InChI=1S/C4H6Cl2O/c1-2-3(5)4(6)7/h3H,2H2,1H3/t3-/m1/s1. The van der Waals surface area contributed by atoms with Gasteiger partial charge in [-0.3, -0.25) is 4.79 Å². The van der Waals surface area contributed by atoms with Crippen molar-refractivity contribution >= 4 is 28.4 Å². The molecule has 42 valence electrons. The van der Waals surface area contributed by atoms with Crippen LogP contribution < -0.4 is 0 Å². The molecule has 0 aliphatic heterocycles. The first-order valence-corrected chi connectivity index (χ1v) is 2.83. The van der Waals surface area contributed by atoms with E-state index in [4.69, 9.17) is 23.2 Å². The van der Waals surface area contributed by atoms with Gasteiger partial charge in [-0.1, -0.05) is 6.92 Å². The highest BCUT2D eigenvalue weighted by Gasteiger charge is 2.07. The van der Waals surface area contributed by atoms with Gasteiger partial charge in [0.1, 0.15) is 5.38 Å². The second-order valence-electron chi connectivity index (χ2n) is 1.18. The Hall–Kier alpha value is 0.250. The summed E-state index contributed by atoms with van der Waals surface area (Å²) < 4.78 is 0. The summed E-state index contributed by atoms with van der Waals surface area (Å²) in [6.07, 6.45) is 0.601. The molecule has 3 heteroatoms. The van der Waals surface area contributed by atoms with Crippen molar-refractivity contribution < 1.29 is 4.79 Å². The molecule has 0 aliphatic rings. The minimum Gasteiger partial charge on any atom is -0.280 e. The first-order chi connectivity index (χ1) is 3.18. The van der Waals surface area contributed by atoms with E-state index in [1.807, 2.05) is 0 Å². The van der Waals surface area contributed by atoms with Crippen LogP contribution in [0.3, 0.4) is 0 Å². The maximum atomic E-state index is 10.0. The van der Waals surface area contributed by atoms with Crippen LogP contribution in [0.1, 0.15) is 13.3 Å². The molecular formula is C4H6Cl2O. The molecule has 7 heavy (non-hydrogen) atoms. The fourth-order valence-electron chi connectivity index (χ4n) is 0.160. The first-order valence-electron chi connectivity index (χ1n) is 2.02. The van der Waals surface area contributed by atoms with Crippen molar-refractivity contribution in [3.63, 3.8) is 0 Å². The van der Waals surface area contributed by atoms with Gasteiger partial charge >= 0.3 is 0 Å². The Labute approximate surface area is 52.6 Å². The number of alkyl halides is 1. The zero-order valence-corrected chi connectivity index (χ0v) is 5.46. The van der Waals surface area contributed by atoms with E-state index in [2.05, 4.69) is 0 Å². The van der Waals surface area contributed by atoms with Crippen LogP contribution in [0.5, 0.6) is 0 Å². The number of carbonyl (C=O) groups excluding carboxylic acids is 1. The van der Waals surface area contributed by atoms with Crippen LogP contribution in [0, 0.1) is 0 Å². The predicted octanol–water partition coefficient (Wildman–Crippen LogP) is 1.77. The van der Waals surface area contributed by atoms with Crippen molar-refractivity contribution in [1.82, 2.24) is 0 Å². The van der Waals surface area contributed by atoms with Crippen molar-refractivity contribution in [2.75, 3.05) is 0 Å². The molecule has 1 nitrogen and oxygen atoms in total. The smallest absolute Gasteiger partial charge is 0.239 e. The van der Waals surface area contributed by atoms with Crippen LogP contribution >= 0.6 is 23.2 Å². The lowest BCUT2D eigenvalue weighted by molar-refractivity contribution is -0.111. The summed E-state index contributed by atoms with van der Waals surface area (Å²) in [7, 11) is 0. The van der Waals surface area contributed by atoms with E-state index < -0.39 is 10.6 Å². The third kappa shape index (κ3) is 2.89. The fourth-order valence-corrected chi connectivity index (χ4v) is 0.315. The molecule has 0 saturated heterocycles. The van der Waals surface area contributed by atoms with Gasteiger partial charge in [-0.05, 0) is 18.0 Å². The number of halogens is 2. The zero-order valence-electron chi connectivity index (χ0n) is 3.95. The van der Waals surface area contributed by atoms with Gasteiger partial charge < -0.3 is 0 Å². The zero-order chi connectivity index (χ0) is 5.86. The third-order valence-corrected chi connectivity index (χ3v) is 1.49. The van der Waals surface area contributed by atoms with Crippen molar-refractivity contribution in [2.24, 2.45) is 0 Å². The highest BCUT2D eigenvalue weighted by molar-refractivity contribution is 6.69. The summed E-state index contributed by atoms with van der Waals surface area (Å²) in [5.41, 5.74) is 0. The molecule has 0 aromatic heterocycles. The molecule has 0 radical (unpaired) electrons. The molecule has 0 spiro atoms. The molecule has 0 saturated carbocycles. The van der Waals surface area contributed by atoms with Crippen molar-refractivity contribution in [1.29, 1.82) is 0 Å². The third-order valence-electron chi connectivity index (χ3n) is 0.605. The Morgan fingerprint density at radius 2 is 2.29 bits per heavy atom. The van der Waals surface area contributed by atoms with Gasteiger partial charge in [-0.2, -0.15) is 0 Å². The molecule has 0 bridgehead atoms. The topological polar surface area (TPSA) is 17.1 Å². The van der Waals surface area contributed by atoms with Crippen molar-refractivity contribution in [3.8, 4) is 0 Å². The molecule has 0 unspecified atom stereocenters. The van der Waals surface area contributed by atoms with Crippen molar-refractivity contribution in [2.45, 2.75) is 18.7 Å². The lowest BCUT2D eigenvalue weighted by atomic mass is 10.4. The van der Waals surface area contributed by atoms with E-state index in [0.29, 0.717) is 6.42 Å². The number of carbonyl (C=O) groups is 1. The largest absolute Gasteiger partial charge is 0.280 e. The molecule has 0 aromatic rings. The Bertz CT molecular complexity index is 72.1. The van der Waals surface area contributed by atoms with Crippen LogP contribution in [0.4, 0.5) is 0 Å². The van der Waals surface area contributed by atoms with Crippen LogP contribution in [-0.2, 0) is 4.79 Å². The maximum absolute atomic E-state index is 10.0.